The van der Waals surface area contributed by atoms with E-state index in [0.717, 1.165) is 26.2 Å². The highest BCUT2D eigenvalue weighted by Crippen LogP contribution is 2.35. The molecule has 0 aromatic carbocycles. The minimum Gasteiger partial charge on any atom is -0.207 e. The largest absolute Gasteiger partial charge is 0.245 e. The lowest BCUT2D eigenvalue weighted by Gasteiger charge is -2.27. The lowest BCUT2D eigenvalue weighted by Crippen LogP contribution is -2.21. The topological polar surface area (TPSA) is 0 Å². The van der Waals surface area contributed by atoms with Gasteiger partial charge < -0.3 is 0 Å². The predicted octanol–water partition coefficient (Wildman–Crippen LogP) is 2.83. The monoisotopic (exact) mass is 134 g/mol. The van der Waals surface area contributed by atoms with E-state index < -0.39 is 5.92 Å². The standard InChI is InChI=1S/C7H12F2/c1-7(8,9)5-6-3-2-4-6/h6H,2-5H2,1H3. The summed E-state index contributed by atoms with van der Waals surface area (Å²) in [6.07, 6.45) is 3.29. The van der Waals surface area contributed by atoms with Gasteiger partial charge in [-0.1, -0.05) is 19.3 Å². The van der Waals surface area contributed by atoms with Crippen LogP contribution in [0.25, 0.3) is 0 Å². The minimum atomic E-state index is -2.43. The van der Waals surface area contributed by atoms with E-state index in [2.05, 4.69) is 0 Å². The summed E-state index contributed by atoms with van der Waals surface area (Å²) in [7, 11) is 0. The van der Waals surface area contributed by atoms with E-state index in [1.807, 2.05) is 0 Å². The highest BCUT2D eigenvalue weighted by Gasteiger charge is 2.29. The molecule has 1 aliphatic rings. The van der Waals surface area contributed by atoms with Crippen molar-refractivity contribution in [1.29, 1.82) is 0 Å². The van der Waals surface area contributed by atoms with Crippen molar-refractivity contribution >= 4 is 0 Å². The van der Waals surface area contributed by atoms with Crippen molar-refractivity contribution in [3.8, 4) is 0 Å². The molecule has 0 atom stereocenters. The van der Waals surface area contributed by atoms with Gasteiger partial charge in [0.05, 0.1) is 0 Å². The van der Waals surface area contributed by atoms with Crippen LogP contribution in [0, 0.1) is 5.92 Å². The van der Waals surface area contributed by atoms with Crippen molar-refractivity contribution in [2.24, 2.45) is 5.92 Å². The highest BCUT2D eigenvalue weighted by atomic mass is 19.3. The molecule has 54 valence electrons. The summed E-state index contributed by atoms with van der Waals surface area (Å²) < 4.78 is 24.4. The number of rotatable bonds is 2. The fraction of sp³-hybridized carbons (Fsp3) is 1.00. The quantitative estimate of drug-likeness (QED) is 0.544. The lowest BCUT2D eigenvalue weighted by molar-refractivity contribution is -0.0151. The van der Waals surface area contributed by atoms with E-state index in [4.69, 9.17) is 0 Å². The Morgan fingerprint density at radius 2 is 2.00 bits per heavy atom. The Morgan fingerprint density at radius 1 is 1.44 bits per heavy atom. The van der Waals surface area contributed by atoms with Crippen molar-refractivity contribution in [2.45, 2.75) is 38.5 Å². The van der Waals surface area contributed by atoms with Gasteiger partial charge in [-0.3, -0.25) is 0 Å². The van der Waals surface area contributed by atoms with Crippen molar-refractivity contribution in [1.82, 2.24) is 0 Å². The second-order valence-corrected chi connectivity index (χ2v) is 3.07. The third-order valence-electron chi connectivity index (χ3n) is 1.87. The van der Waals surface area contributed by atoms with E-state index >= 15 is 0 Å². The normalized spacial score (nSPS) is 21.7. The average Bonchev–Trinajstić information content (AvgIpc) is 1.53. The molecular formula is C7H12F2. The molecule has 0 aliphatic heterocycles. The molecule has 0 unspecified atom stereocenters. The molecule has 0 aromatic heterocycles. The Bertz CT molecular complexity index is 89.6. The molecule has 9 heavy (non-hydrogen) atoms. The van der Waals surface area contributed by atoms with E-state index in [-0.39, 0.29) is 6.42 Å². The molecular weight excluding hydrogens is 122 g/mol. The second-order valence-electron chi connectivity index (χ2n) is 3.07. The lowest BCUT2D eigenvalue weighted by atomic mass is 9.81. The van der Waals surface area contributed by atoms with Crippen molar-refractivity contribution in [2.75, 3.05) is 0 Å². The summed E-state index contributed by atoms with van der Waals surface area (Å²) in [5.74, 6) is -2.10. The third kappa shape index (κ3) is 2.29. The van der Waals surface area contributed by atoms with E-state index in [1.165, 1.54) is 0 Å². The first-order valence-electron chi connectivity index (χ1n) is 3.46. The van der Waals surface area contributed by atoms with Crippen molar-refractivity contribution in [3.05, 3.63) is 0 Å². The maximum absolute atomic E-state index is 12.2. The summed E-state index contributed by atoms with van der Waals surface area (Å²) >= 11 is 0. The maximum atomic E-state index is 12.2. The van der Waals surface area contributed by atoms with Gasteiger partial charge in [0.1, 0.15) is 0 Å². The van der Waals surface area contributed by atoms with Gasteiger partial charge in [-0.25, -0.2) is 8.78 Å². The molecule has 0 radical (unpaired) electrons. The van der Waals surface area contributed by atoms with Gasteiger partial charge in [0.15, 0.2) is 0 Å². The van der Waals surface area contributed by atoms with Crippen LogP contribution in [0.1, 0.15) is 32.6 Å². The van der Waals surface area contributed by atoms with Crippen LogP contribution in [-0.4, -0.2) is 5.92 Å². The van der Waals surface area contributed by atoms with Crippen LogP contribution in [0.3, 0.4) is 0 Å². The van der Waals surface area contributed by atoms with Crippen LogP contribution in [0.15, 0.2) is 0 Å². The Balaban J connectivity index is 2.16. The number of halogens is 2. The van der Waals surface area contributed by atoms with Gasteiger partial charge in [-0.15, -0.1) is 0 Å². The van der Waals surface area contributed by atoms with E-state index in [1.54, 1.807) is 0 Å². The zero-order valence-corrected chi connectivity index (χ0v) is 5.66. The average molecular weight is 134 g/mol. The molecule has 0 amide bonds. The summed E-state index contributed by atoms with van der Waals surface area (Å²) in [5.41, 5.74) is 0. The summed E-state index contributed by atoms with van der Waals surface area (Å²) in [4.78, 5) is 0. The molecule has 1 saturated carbocycles. The fourth-order valence-corrected chi connectivity index (χ4v) is 1.20. The summed E-state index contributed by atoms with van der Waals surface area (Å²) in [6, 6.07) is 0. The summed E-state index contributed by atoms with van der Waals surface area (Å²) in [6.45, 7) is 1.01. The number of hydrogen-bond donors (Lipinski definition) is 0. The third-order valence-corrected chi connectivity index (χ3v) is 1.87. The minimum absolute atomic E-state index is 0.104. The van der Waals surface area contributed by atoms with Crippen LogP contribution in [0.4, 0.5) is 8.78 Å². The molecule has 0 nitrogen and oxygen atoms in total. The number of hydrogen-bond acceptors (Lipinski definition) is 0. The molecule has 0 heterocycles. The highest BCUT2D eigenvalue weighted by molar-refractivity contribution is 4.74. The smallest absolute Gasteiger partial charge is 0.207 e. The first-order valence-corrected chi connectivity index (χ1v) is 3.46. The Morgan fingerprint density at radius 3 is 2.11 bits per heavy atom. The van der Waals surface area contributed by atoms with Crippen LogP contribution in [0.5, 0.6) is 0 Å². The van der Waals surface area contributed by atoms with Crippen molar-refractivity contribution < 1.29 is 8.78 Å². The van der Waals surface area contributed by atoms with Crippen molar-refractivity contribution in [3.63, 3.8) is 0 Å². The van der Waals surface area contributed by atoms with Crippen LogP contribution >= 0.6 is 0 Å². The molecule has 0 bridgehead atoms. The molecule has 0 spiro atoms. The van der Waals surface area contributed by atoms with Gasteiger partial charge >= 0.3 is 0 Å². The first-order chi connectivity index (χ1) is 4.08. The van der Waals surface area contributed by atoms with Gasteiger partial charge in [0.2, 0.25) is 5.92 Å². The molecule has 2 heteroatoms. The van der Waals surface area contributed by atoms with Crippen LogP contribution in [0.2, 0.25) is 0 Å². The van der Waals surface area contributed by atoms with E-state index in [0.29, 0.717) is 5.92 Å². The maximum Gasteiger partial charge on any atom is 0.245 e. The molecule has 0 N–H and O–H groups in total. The van der Waals surface area contributed by atoms with Gasteiger partial charge in [0.25, 0.3) is 0 Å². The molecule has 1 aliphatic carbocycles. The second kappa shape index (κ2) is 2.24. The van der Waals surface area contributed by atoms with Gasteiger partial charge in [-0.05, 0) is 12.8 Å². The zero-order chi connectivity index (χ0) is 6.91. The Kier molecular flexibility index (Phi) is 1.73. The fourth-order valence-electron chi connectivity index (χ4n) is 1.20. The molecule has 1 rings (SSSR count). The Hall–Kier alpha value is -0.140. The summed E-state index contributed by atoms with van der Waals surface area (Å²) in [5, 5.41) is 0. The SMILES string of the molecule is CC(F)(F)CC1CCC1. The van der Waals surface area contributed by atoms with E-state index in [9.17, 15) is 8.78 Å². The predicted molar refractivity (Wildman–Crippen MR) is 32.6 cm³/mol. The number of alkyl halides is 2. The molecule has 1 fully saturated rings. The zero-order valence-electron chi connectivity index (χ0n) is 5.66. The Labute approximate surface area is 54.3 Å². The van der Waals surface area contributed by atoms with Crippen LogP contribution < -0.4 is 0 Å². The molecule has 0 saturated heterocycles. The van der Waals surface area contributed by atoms with Crippen LogP contribution in [-0.2, 0) is 0 Å². The van der Waals surface area contributed by atoms with Gasteiger partial charge in [0, 0.05) is 6.42 Å². The molecule has 0 aromatic rings. The first kappa shape index (κ1) is 6.97. The van der Waals surface area contributed by atoms with Gasteiger partial charge in [-0.2, -0.15) is 0 Å².